The van der Waals surface area contributed by atoms with Crippen LogP contribution < -0.4 is 15.4 Å². The van der Waals surface area contributed by atoms with Crippen molar-refractivity contribution in [3.8, 4) is 0 Å². The molecule has 1 aliphatic rings. The molecule has 0 bridgehead atoms. The van der Waals surface area contributed by atoms with Gasteiger partial charge in [0.1, 0.15) is 7.05 Å². The fourth-order valence-corrected chi connectivity index (χ4v) is 2.21. The molecule has 1 amide bonds. The lowest BCUT2D eigenvalue weighted by Gasteiger charge is -2.27. The quantitative estimate of drug-likeness (QED) is 0.685. The molecule has 1 aromatic heterocycles. The molecule has 0 unspecified atom stereocenters. The Bertz CT molecular complexity index is 523. The van der Waals surface area contributed by atoms with Crippen LogP contribution in [0.15, 0.2) is 15.7 Å². The highest BCUT2D eigenvalue weighted by Gasteiger charge is 2.24. The minimum atomic E-state index is -0.139. The Morgan fingerprint density at radius 1 is 1.35 bits per heavy atom. The molecule has 0 N–H and O–H groups in total. The molecule has 0 aliphatic carbocycles. The van der Waals surface area contributed by atoms with Gasteiger partial charge in [-0.25, -0.2) is 0 Å². The lowest BCUT2D eigenvalue weighted by Crippen LogP contribution is -2.67. The zero-order valence-corrected chi connectivity index (χ0v) is 12.7. The number of nitrogens with zero attached hydrogens (tertiary/aromatic N) is 5. The molecule has 7 heteroatoms. The van der Waals surface area contributed by atoms with E-state index < -0.39 is 0 Å². The maximum atomic E-state index is 11.7. The predicted molar refractivity (Wildman–Crippen MR) is 73.3 cm³/mol. The highest BCUT2D eigenvalue weighted by atomic mass is 16.5. The molecule has 0 saturated carbocycles. The van der Waals surface area contributed by atoms with Crippen molar-refractivity contribution in [2.45, 2.75) is 20.3 Å². The normalized spacial score (nSPS) is 18.1. The molecule has 1 aliphatic heterocycles. The topological polar surface area (TPSA) is 57.9 Å². The van der Waals surface area contributed by atoms with Crippen LogP contribution in [0.4, 0.5) is 0 Å². The first kappa shape index (κ1) is 14.8. The third-order valence-corrected chi connectivity index (χ3v) is 3.33. The number of amides is 1. The van der Waals surface area contributed by atoms with Crippen molar-refractivity contribution in [1.82, 2.24) is 9.75 Å². The maximum Gasteiger partial charge on any atom is 0.325 e. The zero-order valence-electron chi connectivity index (χ0n) is 12.7. The Labute approximate surface area is 119 Å². The first-order valence-electron chi connectivity index (χ1n) is 7.06. The fourth-order valence-electron chi connectivity index (χ4n) is 2.21. The van der Waals surface area contributed by atoms with Gasteiger partial charge in [0.2, 0.25) is 5.91 Å². The highest BCUT2D eigenvalue weighted by Crippen LogP contribution is 1.99. The number of carbonyl (C=O) groups is 1. The van der Waals surface area contributed by atoms with Gasteiger partial charge in [0.05, 0.1) is 13.1 Å². The number of carbonyl (C=O) groups excluding carboxylic acids is 1. The molecule has 0 atom stereocenters. The second-order valence-electron chi connectivity index (χ2n) is 5.70. The lowest BCUT2D eigenvalue weighted by molar-refractivity contribution is -0.785. The molecule has 1 aromatic rings. The summed E-state index contributed by atoms with van der Waals surface area (Å²) in [5.74, 6) is 0.166. The van der Waals surface area contributed by atoms with Crippen LogP contribution in [-0.4, -0.2) is 48.9 Å². The van der Waals surface area contributed by atoms with E-state index in [9.17, 15) is 4.79 Å². The van der Waals surface area contributed by atoms with E-state index in [0.29, 0.717) is 17.9 Å². The smallest absolute Gasteiger partial charge is 0.303 e. The molecule has 2 heterocycles. The van der Waals surface area contributed by atoms with Gasteiger partial charge >= 0.3 is 5.55 Å². The summed E-state index contributed by atoms with van der Waals surface area (Å²) in [5.41, 5.74) is 0.358. The Morgan fingerprint density at radius 2 is 2.00 bits per heavy atom. The van der Waals surface area contributed by atoms with Crippen LogP contribution in [0.25, 0.3) is 0 Å². The van der Waals surface area contributed by atoms with E-state index in [-0.39, 0.29) is 5.91 Å². The third-order valence-electron chi connectivity index (χ3n) is 3.33. The third kappa shape index (κ3) is 3.69. The molecule has 20 heavy (non-hydrogen) atoms. The number of likely N-dealkylation sites (N-methyl/N-ethyl adjacent to an activating group) is 1. The number of piperazine rings is 1. The van der Waals surface area contributed by atoms with Gasteiger partial charge in [0.15, 0.2) is 0 Å². The number of hydrogen-bond acceptors (Lipinski definition) is 4. The van der Waals surface area contributed by atoms with Crippen molar-refractivity contribution in [3.63, 3.8) is 0 Å². The van der Waals surface area contributed by atoms with Gasteiger partial charge in [-0.15, -0.1) is 0 Å². The van der Waals surface area contributed by atoms with E-state index in [0.717, 1.165) is 26.2 Å². The Morgan fingerprint density at radius 3 is 2.60 bits per heavy atom. The zero-order chi connectivity index (χ0) is 14.7. The largest absolute Gasteiger partial charge is 0.325 e. The van der Waals surface area contributed by atoms with Gasteiger partial charge in [0.25, 0.3) is 6.20 Å². The summed E-state index contributed by atoms with van der Waals surface area (Å²) in [7, 11) is 3.92. The Kier molecular flexibility index (Phi) is 4.59. The molecule has 112 valence electrons. The van der Waals surface area contributed by atoms with Gasteiger partial charge < -0.3 is 9.42 Å². The van der Waals surface area contributed by atoms with Crippen molar-refractivity contribution in [1.29, 1.82) is 0 Å². The van der Waals surface area contributed by atoms with Crippen LogP contribution in [0.1, 0.15) is 20.3 Å². The molecule has 2 rings (SSSR count). The number of rotatable bonds is 3. The molecule has 0 aromatic carbocycles. The summed E-state index contributed by atoms with van der Waals surface area (Å²) in [5, 5.41) is 2.18. The van der Waals surface area contributed by atoms with E-state index in [1.54, 1.807) is 11.1 Å². The monoisotopic (exact) mass is 282 g/mol. The van der Waals surface area contributed by atoms with Crippen molar-refractivity contribution >= 4 is 5.91 Å². The summed E-state index contributed by atoms with van der Waals surface area (Å²) in [6, 6.07) is 0. The van der Waals surface area contributed by atoms with E-state index in [2.05, 4.69) is 21.9 Å². The van der Waals surface area contributed by atoms with Crippen LogP contribution in [0, 0.1) is 5.92 Å². The molecular formula is C13H24N5O2+. The standard InChI is InChI=1S/C13H24N5O2/c1-11(2)9-12(19)14-13-10-18(16(4)20-13)17-7-5-15(3)6-8-17/h10-11H,5-9H2,1-4H3/q+1. The van der Waals surface area contributed by atoms with Crippen molar-refractivity contribution in [2.75, 3.05) is 38.2 Å². The van der Waals surface area contributed by atoms with Gasteiger partial charge in [-0.2, -0.15) is 10.0 Å². The van der Waals surface area contributed by atoms with Crippen LogP contribution in [0.3, 0.4) is 0 Å². The van der Waals surface area contributed by atoms with E-state index in [1.807, 2.05) is 25.7 Å². The molecule has 1 fully saturated rings. The van der Waals surface area contributed by atoms with Crippen LogP contribution >= 0.6 is 0 Å². The van der Waals surface area contributed by atoms with Crippen molar-refractivity contribution in [3.05, 3.63) is 11.8 Å². The number of hydrogen-bond donors (Lipinski definition) is 0. The molecular weight excluding hydrogens is 258 g/mol. The van der Waals surface area contributed by atoms with E-state index in [1.165, 1.54) is 0 Å². The molecule has 1 saturated heterocycles. The summed E-state index contributed by atoms with van der Waals surface area (Å²) < 4.78 is 5.48. The predicted octanol–water partition coefficient (Wildman–Crippen LogP) is -0.738. The number of aryl methyl sites for hydroxylation is 1. The van der Waals surface area contributed by atoms with Crippen LogP contribution in [0.5, 0.6) is 0 Å². The second kappa shape index (κ2) is 6.21. The second-order valence-corrected chi connectivity index (χ2v) is 5.70. The van der Waals surface area contributed by atoms with Gasteiger partial charge in [0, 0.05) is 29.2 Å². The lowest BCUT2D eigenvalue weighted by atomic mass is 10.1. The van der Waals surface area contributed by atoms with Gasteiger partial charge in [-0.1, -0.05) is 13.8 Å². The molecule has 7 nitrogen and oxygen atoms in total. The maximum absolute atomic E-state index is 11.7. The highest BCUT2D eigenvalue weighted by molar-refractivity contribution is 5.76. The Hall–Kier alpha value is -1.63. The van der Waals surface area contributed by atoms with Crippen molar-refractivity contribution in [2.24, 2.45) is 18.0 Å². The van der Waals surface area contributed by atoms with Crippen LogP contribution in [-0.2, 0) is 11.8 Å². The van der Waals surface area contributed by atoms with E-state index >= 15 is 0 Å². The molecule has 0 spiro atoms. The molecule has 0 radical (unpaired) electrons. The number of aromatic nitrogens is 2. The fraction of sp³-hybridized carbons (Fsp3) is 0.769. The Balaban J connectivity index is 2.13. The summed E-state index contributed by atoms with van der Waals surface area (Å²) in [6.07, 6.45) is 2.21. The minimum absolute atomic E-state index is 0.139. The average molecular weight is 282 g/mol. The van der Waals surface area contributed by atoms with Gasteiger partial charge in [-0.3, -0.25) is 4.79 Å². The van der Waals surface area contributed by atoms with Crippen LogP contribution in [0.2, 0.25) is 0 Å². The first-order chi connectivity index (χ1) is 9.45. The van der Waals surface area contributed by atoms with Crippen molar-refractivity contribution < 1.29 is 14.1 Å². The minimum Gasteiger partial charge on any atom is -0.303 e. The SMILES string of the molecule is CC(C)CC(=O)N=c1c[n+](N2CCN(C)CC2)n(C)o1. The van der Waals surface area contributed by atoms with Gasteiger partial charge in [-0.05, 0) is 13.0 Å². The van der Waals surface area contributed by atoms with E-state index in [4.69, 9.17) is 4.52 Å². The first-order valence-corrected chi connectivity index (χ1v) is 7.06. The average Bonchev–Trinajstić information content (AvgIpc) is 2.70. The summed E-state index contributed by atoms with van der Waals surface area (Å²) >= 11 is 0. The summed E-state index contributed by atoms with van der Waals surface area (Å²) in [4.78, 5) is 21.5. The summed E-state index contributed by atoms with van der Waals surface area (Å²) in [6.45, 7) is 7.87.